The number of allylic oxidation sites excluding steroid dienone is 2. The maximum absolute atomic E-state index is 12.4. The molecule has 0 spiro atoms. The fourth-order valence-electron chi connectivity index (χ4n) is 1.02. The molecule has 0 unspecified atom stereocenters. The predicted molar refractivity (Wildman–Crippen MR) is 48.1 cm³/mol. The lowest BCUT2D eigenvalue weighted by Gasteiger charge is -2.15. The molecule has 12 heavy (non-hydrogen) atoms. The fraction of sp³-hybridized carbons (Fsp3) is 0.600. The van der Waals surface area contributed by atoms with Gasteiger partial charge in [-0.2, -0.15) is 8.78 Å². The van der Waals surface area contributed by atoms with Gasteiger partial charge in [-0.15, -0.1) is 0 Å². The lowest BCUT2D eigenvalue weighted by molar-refractivity contribution is 0.400. The zero-order chi connectivity index (χ0) is 9.89. The second-order valence-corrected chi connectivity index (χ2v) is 3.51. The van der Waals surface area contributed by atoms with Gasteiger partial charge in [0, 0.05) is 5.57 Å². The molecule has 0 aliphatic carbocycles. The molecule has 0 bridgehead atoms. The van der Waals surface area contributed by atoms with Crippen LogP contribution in [0.4, 0.5) is 8.78 Å². The van der Waals surface area contributed by atoms with Crippen molar-refractivity contribution in [2.45, 2.75) is 27.7 Å². The molecule has 0 aliphatic heterocycles. The van der Waals surface area contributed by atoms with Gasteiger partial charge in [-0.05, 0) is 17.4 Å². The van der Waals surface area contributed by atoms with Crippen LogP contribution in [-0.4, -0.2) is 0 Å². The van der Waals surface area contributed by atoms with Gasteiger partial charge < -0.3 is 0 Å². The van der Waals surface area contributed by atoms with Crippen LogP contribution in [0.15, 0.2) is 23.8 Å². The Bertz CT molecular complexity index is 196. The number of hydrogen-bond donors (Lipinski definition) is 0. The number of halogens is 2. The second kappa shape index (κ2) is 4.39. The van der Waals surface area contributed by atoms with Crippen LogP contribution in [0.3, 0.4) is 0 Å². The Morgan fingerprint density at radius 2 is 1.42 bits per heavy atom. The molecular weight excluding hydrogens is 158 g/mol. The van der Waals surface area contributed by atoms with Crippen molar-refractivity contribution in [2.24, 2.45) is 11.8 Å². The average Bonchev–Trinajstić information content (AvgIpc) is 1.85. The van der Waals surface area contributed by atoms with Crippen molar-refractivity contribution in [3.63, 3.8) is 0 Å². The molecule has 0 atom stereocenters. The minimum atomic E-state index is -1.59. The van der Waals surface area contributed by atoms with Crippen LogP contribution in [0.5, 0.6) is 0 Å². The van der Waals surface area contributed by atoms with Gasteiger partial charge >= 0.3 is 0 Å². The molecule has 0 radical (unpaired) electrons. The van der Waals surface area contributed by atoms with Crippen molar-refractivity contribution in [3.8, 4) is 0 Å². The summed E-state index contributed by atoms with van der Waals surface area (Å²) >= 11 is 0. The monoisotopic (exact) mass is 174 g/mol. The van der Waals surface area contributed by atoms with Crippen molar-refractivity contribution in [3.05, 3.63) is 23.8 Å². The van der Waals surface area contributed by atoms with Crippen molar-refractivity contribution < 1.29 is 8.78 Å². The molecule has 0 aromatic carbocycles. The van der Waals surface area contributed by atoms with E-state index in [4.69, 9.17) is 0 Å². The second-order valence-electron chi connectivity index (χ2n) is 3.51. The van der Waals surface area contributed by atoms with E-state index < -0.39 is 6.08 Å². The largest absolute Gasteiger partial charge is 0.273 e. The molecule has 0 amide bonds. The van der Waals surface area contributed by atoms with Crippen LogP contribution < -0.4 is 0 Å². The molecule has 0 aromatic heterocycles. The molecule has 0 saturated heterocycles. The number of rotatable bonds is 3. The highest BCUT2D eigenvalue weighted by molar-refractivity contribution is 5.31. The van der Waals surface area contributed by atoms with Gasteiger partial charge in [0.15, 0.2) is 0 Å². The third kappa shape index (κ3) is 2.76. The van der Waals surface area contributed by atoms with E-state index in [-0.39, 0.29) is 17.4 Å². The first-order valence-electron chi connectivity index (χ1n) is 4.12. The Labute approximate surface area is 73.0 Å². The average molecular weight is 174 g/mol. The standard InChI is InChI=1S/C10H16F2/c1-6(2)8(5)9(7(3)4)10(11)12/h6-7H,5H2,1-4H3. The molecule has 0 N–H and O–H groups in total. The highest BCUT2D eigenvalue weighted by Gasteiger charge is 2.16. The molecule has 0 heterocycles. The zero-order valence-electron chi connectivity index (χ0n) is 8.12. The molecule has 0 nitrogen and oxygen atoms in total. The molecule has 70 valence electrons. The first-order chi connectivity index (χ1) is 5.37. The summed E-state index contributed by atoms with van der Waals surface area (Å²) in [6, 6.07) is 0. The zero-order valence-corrected chi connectivity index (χ0v) is 8.12. The smallest absolute Gasteiger partial charge is 0.173 e. The van der Waals surface area contributed by atoms with Gasteiger partial charge in [-0.3, -0.25) is 0 Å². The van der Waals surface area contributed by atoms with Gasteiger partial charge in [-0.25, -0.2) is 0 Å². The third-order valence-electron chi connectivity index (χ3n) is 1.82. The van der Waals surface area contributed by atoms with Crippen molar-refractivity contribution in [1.82, 2.24) is 0 Å². The maximum atomic E-state index is 12.4. The van der Waals surface area contributed by atoms with Gasteiger partial charge in [-0.1, -0.05) is 34.3 Å². The van der Waals surface area contributed by atoms with E-state index in [0.717, 1.165) is 0 Å². The summed E-state index contributed by atoms with van der Waals surface area (Å²) < 4.78 is 24.8. The van der Waals surface area contributed by atoms with Crippen molar-refractivity contribution in [1.29, 1.82) is 0 Å². The molecular formula is C10H16F2. The van der Waals surface area contributed by atoms with Crippen LogP contribution in [0, 0.1) is 11.8 Å². The topological polar surface area (TPSA) is 0 Å². The molecule has 0 aliphatic rings. The van der Waals surface area contributed by atoms with Gasteiger partial charge in [0.05, 0.1) is 0 Å². The summed E-state index contributed by atoms with van der Waals surface area (Å²) in [6.45, 7) is 10.9. The highest BCUT2D eigenvalue weighted by Crippen LogP contribution is 2.28. The lowest BCUT2D eigenvalue weighted by atomic mass is 9.90. The Hall–Kier alpha value is -0.660. The van der Waals surface area contributed by atoms with Crippen LogP contribution in [-0.2, 0) is 0 Å². The minimum Gasteiger partial charge on any atom is -0.173 e. The summed E-state index contributed by atoms with van der Waals surface area (Å²) in [6.07, 6.45) is -1.59. The van der Waals surface area contributed by atoms with Crippen LogP contribution in [0.2, 0.25) is 0 Å². The fourth-order valence-corrected chi connectivity index (χ4v) is 1.02. The summed E-state index contributed by atoms with van der Waals surface area (Å²) in [7, 11) is 0. The first-order valence-corrected chi connectivity index (χ1v) is 4.12. The Morgan fingerprint density at radius 3 is 1.50 bits per heavy atom. The van der Waals surface area contributed by atoms with Crippen molar-refractivity contribution >= 4 is 0 Å². The molecule has 0 fully saturated rings. The SMILES string of the molecule is C=C(C(=C(F)F)C(C)C)C(C)C. The quantitative estimate of drug-likeness (QED) is 0.567. The summed E-state index contributed by atoms with van der Waals surface area (Å²) in [4.78, 5) is 0. The third-order valence-corrected chi connectivity index (χ3v) is 1.82. The summed E-state index contributed by atoms with van der Waals surface area (Å²) in [5.74, 6) is -0.0613. The van der Waals surface area contributed by atoms with Crippen molar-refractivity contribution in [2.75, 3.05) is 0 Å². The summed E-state index contributed by atoms with van der Waals surface area (Å²) in [5.41, 5.74) is 0.662. The van der Waals surface area contributed by atoms with Crippen LogP contribution >= 0.6 is 0 Å². The molecule has 0 saturated carbocycles. The molecule has 2 heteroatoms. The molecule has 0 aromatic rings. The lowest BCUT2D eigenvalue weighted by Crippen LogP contribution is -2.04. The Morgan fingerprint density at radius 1 is 1.00 bits per heavy atom. The van der Waals surface area contributed by atoms with E-state index in [2.05, 4.69) is 6.58 Å². The van der Waals surface area contributed by atoms with Crippen LogP contribution in [0.1, 0.15) is 27.7 Å². The van der Waals surface area contributed by atoms with E-state index >= 15 is 0 Å². The maximum Gasteiger partial charge on any atom is 0.273 e. The van der Waals surface area contributed by atoms with Gasteiger partial charge in [0.25, 0.3) is 6.08 Å². The van der Waals surface area contributed by atoms with E-state index in [9.17, 15) is 8.78 Å². The highest BCUT2D eigenvalue weighted by atomic mass is 19.3. The first kappa shape index (κ1) is 11.3. The normalized spacial score (nSPS) is 10.7. The molecule has 0 rings (SSSR count). The summed E-state index contributed by atoms with van der Waals surface area (Å²) in [5, 5.41) is 0. The van der Waals surface area contributed by atoms with E-state index in [1.54, 1.807) is 13.8 Å². The Balaban J connectivity index is 4.80. The van der Waals surface area contributed by atoms with Gasteiger partial charge in [0.1, 0.15) is 0 Å². The van der Waals surface area contributed by atoms with Gasteiger partial charge in [0.2, 0.25) is 0 Å². The Kier molecular flexibility index (Phi) is 4.15. The predicted octanol–water partition coefficient (Wildman–Crippen LogP) is 4.01. The van der Waals surface area contributed by atoms with Crippen LogP contribution in [0.25, 0.3) is 0 Å². The number of hydrogen-bond acceptors (Lipinski definition) is 0. The minimum absolute atomic E-state index is 0.0869. The van der Waals surface area contributed by atoms with E-state index in [0.29, 0.717) is 5.57 Å². The van der Waals surface area contributed by atoms with E-state index in [1.165, 1.54) is 0 Å². The van der Waals surface area contributed by atoms with E-state index in [1.807, 2.05) is 13.8 Å².